The summed E-state index contributed by atoms with van der Waals surface area (Å²) >= 11 is 3.29. The predicted octanol–water partition coefficient (Wildman–Crippen LogP) is 1.59. The molecule has 5 nitrogen and oxygen atoms in total. The molecule has 0 atom stereocenters. The molecule has 2 rings (SSSR count). The molecule has 6 heteroatoms. The van der Waals surface area contributed by atoms with Crippen molar-refractivity contribution in [3.8, 4) is 11.6 Å². The lowest BCUT2D eigenvalue weighted by atomic mass is 10.4. The van der Waals surface area contributed by atoms with E-state index in [4.69, 9.17) is 5.73 Å². The molecule has 2 aromatic heterocycles. The van der Waals surface area contributed by atoms with Crippen molar-refractivity contribution in [1.82, 2.24) is 19.9 Å². The minimum Gasteiger partial charge on any atom is -0.383 e. The van der Waals surface area contributed by atoms with Gasteiger partial charge in [0, 0.05) is 12.4 Å². The van der Waals surface area contributed by atoms with Gasteiger partial charge < -0.3 is 5.73 Å². The first kappa shape index (κ1) is 9.97. The maximum absolute atomic E-state index is 5.71. The molecule has 2 aromatic rings. The zero-order chi connectivity index (χ0) is 10.8. The average molecular weight is 266 g/mol. The highest BCUT2D eigenvalue weighted by Gasteiger charge is 2.09. The third kappa shape index (κ3) is 1.94. The summed E-state index contributed by atoms with van der Waals surface area (Å²) < 4.78 is 0.710. The number of anilines is 1. The largest absolute Gasteiger partial charge is 0.383 e. The molecular weight excluding hydrogens is 258 g/mol. The van der Waals surface area contributed by atoms with Gasteiger partial charge in [0.15, 0.2) is 11.6 Å². The fourth-order valence-electron chi connectivity index (χ4n) is 1.10. The summed E-state index contributed by atoms with van der Waals surface area (Å²) in [6.45, 7) is 1.84. The Morgan fingerprint density at radius 1 is 1.13 bits per heavy atom. The van der Waals surface area contributed by atoms with Gasteiger partial charge in [-0.15, -0.1) is 0 Å². The van der Waals surface area contributed by atoms with Crippen LogP contribution in [0, 0.1) is 6.92 Å². The maximum Gasteiger partial charge on any atom is 0.199 e. The van der Waals surface area contributed by atoms with Gasteiger partial charge in [0.2, 0.25) is 0 Å². The zero-order valence-corrected chi connectivity index (χ0v) is 9.56. The van der Waals surface area contributed by atoms with Crippen molar-refractivity contribution in [3.05, 3.63) is 28.6 Å². The van der Waals surface area contributed by atoms with Crippen LogP contribution in [0.3, 0.4) is 0 Å². The highest BCUT2D eigenvalue weighted by Crippen LogP contribution is 2.22. The molecule has 0 spiro atoms. The second-order valence-corrected chi connectivity index (χ2v) is 3.70. The van der Waals surface area contributed by atoms with Crippen molar-refractivity contribution in [3.63, 3.8) is 0 Å². The van der Waals surface area contributed by atoms with Crippen LogP contribution in [0.1, 0.15) is 5.69 Å². The van der Waals surface area contributed by atoms with Gasteiger partial charge in [-0.3, -0.25) is 0 Å². The van der Waals surface area contributed by atoms with Crippen LogP contribution in [0.4, 0.5) is 5.82 Å². The van der Waals surface area contributed by atoms with Crippen LogP contribution in [0.2, 0.25) is 0 Å². The molecule has 0 aromatic carbocycles. The van der Waals surface area contributed by atoms with Crippen molar-refractivity contribution in [2.75, 3.05) is 5.73 Å². The molecule has 0 saturated heterocycles. The van der Waals surface area contributed by atoms with Gasteiger partial charge in [-0.2, -0.15) is 0 Å². The number of aryl methyl sites for hydroxylation is 1. The lowest BCUT2D eigenvalue weighted by Crippen LogP contribution is -2.01. The summed E-state index contributed by atoms with van der Waals surface area (Å²) in [5.41, 5.74) is 6.47. The number of nitrogens with zero attached hydrogens (tertiary/aromatic N) is 4. The molecule has 76 valence electrons. The van der Waals surface area contributed by atoms with Crippen LogP contribution in [0.15, 0.2) is 22.9 Å². The average Bonchev–Trinajstić information content (AvgIpc) is 2.26. The molecule has 0 bridgehead atoms. The second-order valence-electron chi connectivity index (χ2n) is 2.90. The van der Waals surface area contributed by atoms with Gasteiger partial charge in [-0.05, 0) is 28.9 Å². The Balaban J connectivity index is 2.56. The summed E-state index contributed by atoms with van der Waals surface area (Å²) in [6, 6.07) is 1.73. The Morgan fingerprint density at radius 3 is 2.40 bits per heavy atom. The van der Waals surface area contributed by atoms with Crippen molar-refractivity contribution >= 4 is 21.7 Å². The summed E-state index contributed by atoms with van der Waals surface area (Å²) in [7, 11) is 0. The summed E-state index contributed by atoms with van der Waals surface area (Å²) in [5, 5.41) is 0. The molecule has 0 aliphatic rings. The Morgan fingerprint density at radius 2 is 1.80 bits per heavy atom. The summed E-state index contributed by atoms with van der Waals surface area (Å²) in [6.07, 6.45) is 3.28. The Hall–Kier alpha value is -1.56. The molecule has 2 N–H and O–H groups in total. The number of aromatic nitrogens is 4. The monoisotopic (exact) mass is 265 g/mol. The fraction of sp³-hybridized carbons (Fsp3) is 0.111. The van der Waals surface area contributed by atoms with Gasteiger partial charge in [0.25, 0.3) is 0 Å². The lowest BCUT2D eigenvalue weighted by molar-refractivity contribution is 1.04. The molecular formula is C9H8BrN5. The third-order valence-electron chi connectivity index (χ3n) is 1.81. The van der Waals surface area contributed by atoms with Crippen molar-refractivity contribution in [2.24, 2.45) is 0 Å². The number of hydrogen-bond donors (Lipinski definition) is 1. The summed E-state index contributed by atoms with van der Waals surface area (Å²) in [5.74, 6) is 1.30. The molecule has 0 radical (unpaired) electrons. The van der Waals surface area contributed by atoms with Crippen molar-refractivity contribution in [1.29, 1.82) is 0 Å². The van der Waals surface area contributed by atoms with Gasteiger partial charge in [-0.1, -0.05) is 0 Å². The molecule has 0 aliphatic carbocycles. The Kier molecular flexibility index (Phi) is 2.59. The Bertz CT molecular complexity index is 462. The van der Waals surface area contributed by atoms with Gasteiger partial charge in [-0.25, -0.2) is 19.9 Å². The van der Waals surface area contributed by atoms with Crippen LogP contribution in [-0.4, -0.2) is 19.9 Å². The first-order valence-electron chi connectivity index (χ1n) is 4.25. The fourth-order valence-corrected chi connectivity index (χ4v) is 1.27. The van der Waals surface area contributed by atoms with E-state index < -0.39 is 0 Å². The molecule has 0 fully saturated rings. The van der Waals surface area contributed by atoms with E-state index in [2.05, 4.69) is 35.9 Å². The number of hydrogen-bond acceptors (Lipinski definition) is 5. The SMILES string of the molecule is Cc1nc(-c2ncccn2)nc(N)c1Br. The number of rotatable bonds is 1. The van der Waals surface area contributed by atoms with E-state index in [1.54, 1.807) is 18.5 Å². The van der Waals surface area contributed by atoms with Gasteiger partial charge in [0.05, 0.1) is 10.2 Å². The number of nitrogens with two attached hydrogens (primary N) is 1. The Labute approximate surface area is 94.9 Å². The topological polar surface area (TPSA) is 77.6 Å². The molecule has 0 amide bonds. The molecule has 2 heterocycles. The molecule has 0 unspecified atom stereocenters. The van der Waals surface area contributed by atoms with Crippen molar-refractivity contribution < 1.29 is 0 Å². The number of nitrogen functional groups attached to an aromatic ring is 1. The van der Waals surface area contributed by atoms with Gasteiger partial charge in [0.1, 0.15) is 5.82 Å². The minimum atomic E-state index is 0.393. The quantitative estimate of drug-likeness (QED) is 0.847. The normalized spacial score (nSPS) is 10.3. The van der Waals surface area contributed by atoms with E-state index in [0.717, 1.165) is 5.69 Å². The van der Waals surface area contributed by atoms with Gasteiger partial charge >= 0.3 is 0 Å². The van der Waals surface area contributed by atoms with E-state index >= 15 is 0 Å². The highest BCUT2D eigenvalue weighted by molar-refractivity contribution is 9.10. The molecule has 15 heavy (non-hydrogen) atoms. The maximum atomic E-state index is 5.71. The van der Waals surface area contributed by atoms with Crippen LogP contribution < -0.4 is 5.73 Å². The minimum absolute atomic E-state index is 0.393. The van der Waals surface area contributed by atoms with Crippen LogP contribution in [0.25, 0.3) is 11.6 Å². The first-order valence-corrected chi connectivity index (χ1v) is 5.05. The molecule has 0 saturated carbocycles. The van der Waals surface area contributed by atoms with E-state index in [9.17, 15) is 0 Å². The first-order chi connectivity index (χ1) is 7.18. The van der Waals surface area contributed by atoms with E-state index in [-0.39, 0.29) is 0 Å². The zero-order valence-electron chi connectivity index (χ0n) is 7.98. The smallest absolute Gasteiger partial charge is 0.199 e. The third-order valence-corrected chi connectivity index (χ3v) is 2.79. The van der Waals surface area contributed by atoms with E-state index in [1.165, 1.54) is 0 Å². The van der Waals surface area contributed by atoms with Crippen LogP contribution >= 0.6 is 15.9 Å². The highest BCUT2D eigenvalue weighted by atomic mass is 79.9. The predicted molar refractivity (Wildman–Crippen MR) is 59.9 cm³/mol. The van der Waals surface area contributed by atoms with Crippen LogP contribution in [-0.2, 0) is 0 Å². The second kappa shape index (κ2) is 3.90. The standard InChI is InChI=1S/C9H8BrN5/c1-5-6(10)7(11)15-9(14-5)8-12-3-2-4-13-8/h2-4H,1H3,(H2,11,14,15). The van der Waals surface area contributed by atoms with Crippen LogP contribution in [0.5, 0.6) is 0 Å². The molecule has 0 aliphatic heterocycles. The summed E-state index contributed by atoms with van der Waals surface area (Å²) in [4.78, 5) is 16.4. The number of halogens is 1. The van der Waals surface area contributed by atoms with E-state index in [0.29, 0.717) is 21.9 Å². The van der Waals surface area contributed by atoms with E-state index in [1.807, 2.05) is 6.92 Å². The lowest BCUT2D eigenvalue weighted by Gasteiger charge is -2.03. The van der Waals surface area contributed by atoms with Crippen molar-refractivity contribution in [2.45, 2.75) is 6.92 Å².